The van der Waals surface area contributed by atoms with E-state index < -0.39 is 6.16 Å². The Balaban J connectivity index is 2.31. The maximum Gasteiger partial charge on any atom is 0.513 e. The molecule has 0 saturated carbocycles. The van der Waals surface area contributed by atoms with Gasteiger partial charge in [-0.05, 0) is 65.2 Å². The van der Waals surface area contributed by atoms with Crippen LogP contribution in [0.3, 0.4) is 0 Å². The standard InChI is InChI=1S/C28H38O6/c1-8-31-28(30)33-16-24-23-15-25(29)21(7)14-26(23)32-17-27(24)34-22(12-19(4)5)13-20(6)11-9-10-18(2)3/h8,10,13-14,22-23,26H,1,4,9,11-12,15-17H2,2-3,5-7H3/b20-13+/t22?,23-,26-/m0/s1. The first-order valence-electron chi connectivity index (χ1n) is 11.7. The van der Waals surface area contributed by atoms with E-state index in [9.17, 15) is 9.59 Å². The minimum atomic E-state index is -0.854. The summed E-state index contributed by atoms with van der Waals surface area (Å²) in [5.41, 5.74) is 4.95. The Hall–Kier alpha value is -2.86. The van der Waals surface area contributed by atoms with E-state index in [1.165, 1.54) is 11.1 Å². The Kier molecular flexibility index (Phi) is 10.6. The Bertz CT molecular complexity index is 913. The summed E-state index contributed by atoms with van der Waals surface area (Å²) in [4.78, 5) is 24.3. The molecule has 0 fully saturated rings. The minimum absolute atomic E-state index is 0.0459. The summed E-state index contributed by atoms with van der Waals surface area (Å²) in [6, 6.07) is 0. The highest BCUT2D eigenvalue weighted by Gasteiger charge is 2.38. The molecule has 2 aliphatic rings. The summed E-state index contributed by atoms with van der Waals surface area (Å²) >= 11 is 0. The molecule has 0 aromatic carbocycles. The van der Waals surface area contributed by atoms with Crippen molar-refractivity contribution in [2.24, 2.45) is 5.92 Å². The molecule has 186 valence electrons. The fraction of sp³-hybridized carbons (Fsp3) is 0.500. The molecule has 3 atom stereocenters. The Morgan fingerprint density at radius 2 is 2.03 bits per heavy atom. The summed E-state index contributed by atoms with van der Waals surface area (Å²) < 4.78 is 22.5. The summed E-state index contributed by atoms with van der Waals surface area (Å²) in [5.74, 6) is 0.378. The highest BCUT2D eigenvalue weighted by molar-refractivity contribution is 5.96. The molecule has 0 aromatic rings. The van der Waals surface area contributed by atoms with Crippen molar-refractivity contribution < 1.29 is 28.5 Å². The van der Waals surface area contributed by atoms with Gasteiger partial charge in [-0.1, -0.05) is 36.0 Å². The van der Waals surface area contributed by atoms with Gasteiger partial charge in [0, 0.05) is 24.3 Å². The van der Waals surface area contributed by atoms with Crippen LogP contribution >= 0.6 is 0 Å². The number of fused-ring (bicyclic) bond motifs is 1. The van der Waals surface area contributed by atoms with Crippen molar-refractivity contribution >= 4 is 11.9 Å². The van der Waals surface area contributed by atoms with Crippen LogP contribution in [0.4, 0.5) is 4.79 Å². The lowest BCUT2D eigenvalue weighted by atomic mass is 9.80. The molecule has 1 unspecified atom stereocenters. The van der Waals surface area contributed by atoms with Gasteiger partial charge < -0.3 is 18.9 Å². The molecule has 0 bridgehead atoms. The number of carbonyl (C=O) groups is 2. The maximum atomic E-state index is 12.4. The van der Waals surface area contributed by atoms with Crippen molar-refractivity contribution in [3.8, 4) is 0 Å². The van der Waals surface area contributed by atoms with Crippen molar-refractivity contribution in [1.29, 1.82) is 0 Å². The van der Waals surface area contributed by atoms with Crippen LogP contribution in [0.2, 0.25) is 0 Å². The van der Waals surface area contributed by atoms with Gasteiger partial charge in [-0.25, -0.2) is 4.79 Å². The van der Waals surface area contributed by atoms with Gasteiger partial charge in [0.1, 0.15) is 25.1 Å². The molecule has 1 aliphatic carbocycles. The molecule has 6 heteroatoms. The van der Waals surface area contributed by atoms with Crippen LogP contribution in [0.25, 0.3) is 0 Å². The number of ether oxygens (including phenoxy) is 4. The third-order valence-electron chi connectivity index (χ3n) is 5.80. The van der Waals surface area contributed by atoms with E-state index in [1.54, 1.807) is 6.92 Å². The smallest absolute Gasteiger partial charge is 0.488 e. The van der Waals surface area contributed by atoms with Crippen LogP contribution in [0.15, 0.2) is 71.3 Å². The molecular weight excluding hydrogens is 432 g/mol. The van der Waals surface area contributed by atoms with Crippen molar-refractivity contribution in [2.45, 2.75) is 72.5 Å². The SMILES string of the molecule is C=COC(=O)OCC1=C(OC(/C=C(\C)CCC=C(C)C)CC(=C)C)CO[C@H]2C=C(C)C(=O)C[C@@H]12. The Morgan fingerprint density at radius 3 is 2.68 bits per heavy atom. The summed E-state index contributed by atoms with van der Waals surface area (Å²) in [5, 5.41) is 0. The zero-order valence-electron chi connectivity index (χ0n) is 21.1. The molecule has 34 heavy (non-hydrogen) atoms. The average molecular weight is 471 g/mol. The lowest BCUT2D eigenvalue weighted by Gasteiger charge is -2.37. The van der Waals surface area contributed by atoms with Crippen LogP contribution in [0.1, 0.15) is 60.3 Å². The summed E-state index contributed by atoms with van der Waals surface area (Å²) in [6.07, 6.45) is 8.65. The monoisotopic (exact) mass is 470 g/mol. The molecule has 0 spiro atoms. The van der Waals surface area contributed by atoms with E-state index in [-0.39, 0.29) is 43.5 Å². The van der Waals surface area contributed by atoms with Crippen molar-refractivity contribution in [3.05, 3.63) is 71.3 Å². The number of hydrogen-bond acceptors (Lipinski definition) is 6. The van der Waals surface area contributed by atoms with Crippen LogP contribution < -0.4 is 0 Å². The van der Waals surface area contributed by atoms with Crippen molar-refractivity contribution in [2.75, 3.05) is 13.2 Å². The fourth-order valence-corrected chi connectivity index (χ4v) is 4.08. The van der Waals surface area contributed by atoms with E-state index in [2.05, 4.69) is 50.8 Å². The fourth-order valence-electron chi connectivity index (χ4n) is 4.08. The van der Waals surface area contributed by atoms with E-state index in [1.807, 2.05) is 13.0 Å². The molecule has 0 aromatic heterocycles. The van der Waals surface area contributed by atoms with E-state index in [0.29, 0.717) is 17.8 Å². The number of Topliss-reactive ketones (excluding diaryl/α,β-unsaturated/α-hetero) is 1. The second-order valence-corrected chi connectivity index (χ2v) is 9.28. The maximum absolute atomic E-state index is 12.4. The number of ketones is 1. The predicted octanol–water partition coefficient (Wildman–Crippen LogP) is 6.52. The number of rotatable bonds is 11. The molecule has 6 nitrogen and oxygen atoms in total. The highest BCUT2D eigenvalue weighted by atomic mass is 16.7. The quantitative estimate of drug-likeness (QED) is 0.195. The van der Waals surface area contributed by atoms with Crippen molar-refractivity contribution in [1.82, 2.24) is 0 Å². The van der Waals surface area contributed by atoms with Crippen molar-refractivity contribution in [3.63, 3.8) is 0 Å². The van der Waals surface area contributed by atoms with Gasteiger partial charge in [-0.15, -0.1) is 0 Å². The van der Waals surface area contributed by atoms with E-state index >= 15 is 0 Å². The van der Waals surface area contributed by atoms with Gasteiger partial charge in [0.25, 0.3) is 0 Å². The van der Waals surface area contributed by atoms with Gasteiger partial charge >= 0.3 is 6.16 Å². The number of hydrogen-bond donors (Lipinski definition) is 0. The molecule has 0 saturated heterocycles. The Morgan fingerprint density at radius 1 is 1.29 bits per heavy atom. The molecule has 2 rings (SSSR count). The third-order valence-corrected chi connectivity index (χ3v) is 5.80. The van der Waals surface area contributed by atoms with Crippen LogP contribution in [0, 0.1) is 5.92 Å². The lowest BCUT2D eigenvalue weighted by Crippen LogP contribution is -2.38. The van der Waals surface area contributed by atoms with E-state index in [0.717, 1.165) is 30.2 Å². The topological polar surface area (TPSA) is 71.1 Å². The molecular formula is C28H38O6. The first-order valence-corrected chi connectivity index (χ1v) is 11.7. The van der Waals surface area contributed by atoms with Crippen LogP contribution in [-0.4, -0.2) is 37.4 Å². The van der Waals surface area contributed by atoms with E-state index in [4.69, 9.17) is 14.2 Å². The number of allylic oxidation sites excluding steroid dienone is 4. The number of carbonyl (C=O) groups excluding carboxylic acids is 2. The molecule has 0 N–H and O–H groups in total. The predicted molar refractivity (Wildman–Crippen MR) is 133 cm³/mol. The van der Waals surface area contributed by atoms with Gasteiger partial charge in [0.05, 0.1) is 12.4 Å². The molecule has 1 aliphatic heterocycles. The second-order valence-electron chi connectivity index (χ2n) is 9.28. The highest BCUT2D eigenvalue weighted by Crippen LogP contribution is 2.36. The van der Waals surface area contributed by atoms with Gasteiger partial charge in [-0.3, -0.25) is 4.79 Å². The lowest BCUT2D eigenvalue weighted by molar-refractivity contribution is -0.118. The normalized spacial score (nSPS) is 21.1. The first kappa shape index (κ1) is 27.4. The minimum Gasteiger partial charge on any atom is -0.488 e. The van der Waals surface area contributed by atoms with Crippen LogP contribution in [-0.2, 0) is 23.7 Å². The average Bonchev–Trinajstić information content (AvgIpc) is 2.73. The summed E-state index contributed by atoms with van der Waals surface area (Å²) in [6.45, 7) is 17.6. The zero-order chi connectivity index (χ0) is 25.3. The zero-order valence-corrected chi connectivity index (χ0v) is 21.1. The van der Waals surface area contributed by atoms with Gasteiger partial charge in [0.2, 0.25) is 0 Å². The molecule has 0 amide bonds. The van der Waals surface area contributed by atoms with Gasteiger partial charge in [0.15, 0.2) is 5.78 Å². The summed E-state index contributed by atoms with van der Waals surface area (Å²) in [7, 11) is 0. The second kappa shape index (κ2) is 13.1. The van der Waals surface area contributed by atoms with Gasteiger partial charge in [-0.2, -0.15) is 0 Å². The molecule has 0 radical (unpaired) electrons. The first-order chi connectivity index (χ1) is 16.1. The molecule has 1 heterocycles. The third kappa shape index (κ3) is 8.49. The Labute approximate surface area is 203 Å². The van der Waals surface area contributed by atoms with Crippen LogP contribution in [0.5, 0.6) is 0 Å². The largest absolute Gasteiger partial charge is 0.513 e.